The van der Waals surface area contributed by atoms with E-state index in [4.69, 9.17) is 9.47 Å². The zero-order chi connectivity index (χ0) is 25.8. The number of carbonyl (C=O) groups is 1. The van der Waals surface area contributed by atoms with Crippen molar-refractivity contribution in [3.63, 3.8) is 0 Å². The molecular formula is C26H23N3O6S. The van der Waals surface area contributed by atoms with Crippen LogP contribution in [0.3, 0.4) is 0 Å². The van der Waals surface area contributed by atoms with Gasteiger partial charge in [-0.25, -0.2) is 9.79 Å². The summed E-state index contributed by atoms with van der Waals surface area (Å²) < 4.78 is 12.7. The molecule has 0 spiro atoms. The van der Waals surface area contributed by atoms with Gasteiger partial charge in [-0.2, -0.15) is 0 Å². The lowest BCUT2D eigenvalue weighted by atomic mass is 9.96. The van der Waals surface area contributed by atoms with Crippen LogP contribution in [0.4, 0.5) is 5.69 Å². The number of esters is 1. The first kappa shape index (κ1) is 24.8. The summed E-state index contributed by atoms with van der Waals surface area (Å²) in [6.45, 7) is 7.71. The van der Waals surface area contributed by atoms with E-state index in [9.17, 15) is 19.7 Å². The Hall–Kier alpha value is -4.31. The Balaban J connectivity index is 1.87. The molecule has 0 saturated heterocycles. The number of nitrogens with zero attached hydrogens (tertiary/aromatic N) is 3. The minimum Gasteiger partial charge on any atom is -0.494 e. The minimum absolute atomic E-state index is 0.0240. The Morgan fingerprint density at radius 2 is 1.92 bits per heavy atom. The molecule has 2 aromatic carbocycles. The van der Waals surface area contributed by atoms with Crippen molar-refractivity contribution in [2.75, 3.05) is 13.2 Å². The van der Waals surface area contributed by atoms with Crippen LogP contribution in [0.15, 0.2) is 82.2 Å². The van der Waals surface area contributed by atoms with Gasteiger partial charge >= 0.3 is 5.97 Å². The summed E-state index contributed by atoms with van der Waals surface area (Å²) in [7, 11) is 0. The lowest BCUT2D eigenvalue weighted by Crippen LogP contribution is -2.39. The van der Waals surface area contributed by atoms with E-state index in [0.717, 1.165) is 0 Å². The second kappa shape index (κ2) is 10.5. The molecular weight excluding hydrogens is 482 g/mol. The average Bonchev–Trinajstić information content (AvgIpc) is 3.17. The number of hydrogen-bond donors (Lipinski definition) is 0. The van der Waals surface area contributed by atoms with Gasteiger partial charge in [0, 0.05) is 12.1 Å². The van der Waals surface area contributed by atoms with Crippen LogP contribution in [0.25, 0.3) is 6.08 Å². The summed E-state index contributed by atoms with van der Waals surface area (Å²) in [4.78, 5) is 42.1. The van der Waals surface area contributed by atoms with Crippen LogP contribution in [0.1, 0.15) is 31.0 Å². The molecule has 0 amide bonds. The lowest BCUT2D eigenvalue weighted by molar-refractivity contribution is -0.384. The van der Waals surface area contributed by atoms with Gasteiger partial charge in [-0.05, 0) is 55.3 Å². The van der Waals surface area contributed by atoms with Gasteiger partial charge < -0.3 is 9.47 Å². The number of hydrogen-bond acceptors (Lipinski definition) is 8. The van der Waals surface area contributed by atoms with Crippen molar-refractivity contribution in [2.45, 2.75) is 19.9 Å². The molecule has 0 saturated carbocycles. The second-order valence-corrected chi connectivity index (χ2v) is 8.83. The van der Waals surface area contributed by atoms with E-state index in [1.54, 1.807) is 37.3 Å². The molecule has 0 fully saturated rings. The van der Waals surface area contributed by atoms with Crippen molar-refractivity contribution >= 4 is 29.1 Å². The standard InChI is InChI=1S/C26H23N3O6S/c1-4-14-35-25(31)22-16(3)27-26-28(23(22)18-8-12-20(13-9-18)34-5-2)24(30)21(36-26)15-17-6-10-19(11-7-17)29(32)33/h4,6-13,15,23H,1,5,14H2,2-3H3/b21-15-. The van der Waals surface area contributed by atoms with E-state index in [1.165, 1.54) is 34.1 Å². The van der Waals surface area contributed by atoms with E-state index < -0.39 is 16.9 Å². The zero-order valence-corrected chi connectivity index (χ0v) is 20.5. The van der Waals surface area contributed by atoms with Gasteiger partial charge in [-0.15, -0.1) is 0 Å². The maximum atomic E-state index is 13.6. The van der Waals surface area contributed by atoms with E-state index >= 15 is 0 Å². The summed E-state index contributed by atoms with van der Waals surface area (Å²) >= 11 is 1.18. The quantitative estimate of drug-likeness (QED) is 0.201. The highest BCUT2D eigenvalue weighted by molar-refractivity contribution is 7.07. The number of allylic oxidation sites excluding steroid dienone is 1. The SMILES string of the molecule is C=CCOC(=O)C1=C(C)N=c2s/c(=C\c3ccc([N+](=O)[O-])cc3)c(=O)n2C1c1ccc(OCC)cc1. The number of ether oxygens (including phenoxy) is 2. The Morgan fingerprint density at radius 3 is 2.53 bits per heavy atom. The normalized spacial score (nSPS) is 15.2. The Bertz CT molecular complexity index is 1530. The van der Waals surface area contributed by atoms with Crippen LogP contribution < -0.4 is 19.6 Å². The first-order chi connectivity index (χ1) is 17.3. The molecule has 0 N–H and O–H groups in total. The first-order valence-corrected chi connectivity index (χ1v) is 11.9. The van der Waals surface area contributed by atoms with Crippen LogP contribution in [0, 0.1) is 10.1 Å². The third-order valence-electron chi connectivity index (χ3n) is 5.48. The highest BCUT2D eigenvalue weighted by Crippen LogP contribution is 2.31. The van der Waals surface area contributed by atoms with Gasteiger partial charge in [0.15, 0.2) is 4.80 Å². The van der Waals surface area contributed by atoms with Gasteiger partial charge in [0.1, 0.15) is 12.4 Å². The smallest absolute Gasteiger partial charge is 0.338 e. The van der Waals surface area contributed by atoms with E-state index in [0.29, 0.717) is 38.5 Å². The molecule has 2 heterocycles. The van der Waals surface area contributed by atoms with E-state index in [1.807, 2.05) is 19.1 Å². The fourth-order valence-electron chi connectivity index (χ4n) is 3.87. The topological polar surface area (TPSA) is 113 Å². The Labute approximate surface area is 210 Å². The molecule has 0 bridgehead atoms. The predicted octanol–water partition coefficient (Wildman–Crippen LogP) is 3.27. The minimum atomic E-state index is -0.756. The van der Waals surface area contributed by atoms with Crippen molar-refractivity contribution in [1.82, 2.24) is 4.57 Å². The highest BCUT2D eigenvalue weighted by atomic mass is 32.1. The van der Waals surface area contributed by atoms with Gasteiger partial charge in [-0.3, -0.25) is 19.5 Å². The number of nitro groups is 1. The van der Waals surface area contributed by atoms with Crippen molar-refractivity contribution in [1.29, 1.82) is 0 Å². The van der Waals surface area contributed by atoms with Crippen molar-refractivity contribution < 1.29 is 19.2 Å². The fraction of sp³-hybridized carbons (Fsp3) is 0.192. The van der Waals surface area contributed by atoms with E-state index in [-0.39, 0.29) is 23.4 Å². The highest BCUT2D eigenvalue weighted by Gasteiger charge is 2.33. The molecule has 1 aliphatic heterocycles. The molecule has 0 radical (unpaired) electrons. The summed E-state index contributed by atoms with van der Waals surface area (Å²) in [5.41, 5.74) is 1.66. The molecule has 1 atom stereocenters. The first-order valence-electron chi connectivity index (χ1n) is 11.1. The van der Waals surface area contributed by atoms with Gasteiger partial charge in [0.2, 0.25) is 0 Å². The summed E-state index contributed by atoms with van der Waals surface area (Å²) in [6, 6.07) is 12.3. The van der Waals surface area contributed by atoms with Crippen molar-refractivity contribution in [2.24, 2.45) is 4.99 Å². The van der Waals surface area contributed by atoms with Crippen LogP contribution in [-0.2, 0) is 9.53 Å². The number of thiazole rings is 1. The number of non-ortho nitro benzene ring substituents is 1. The third kappa shape index (κ3) is 4.89. The molecule has 3 aromatic rings. The van der Waals surface area contributed by atoms with Gasteiger partial charge in [-0.1, -0.05) is 36.1 Å². The fourth-order valence-corrected chi connectivity index (χ4v) is 4.91. The van der Waals surface area contributed by atoms with Gasteiger partial charge in [0.25, 0.3) is 11.2 Å². The summed E-state index contributed by atoms with van der Waals surface area (Å²) in [6.07, 6.45) is 3.12. The lowest BCUT2D eigenvalue weighted by Gasteiger charge is -2.24. The zero-order valence-electron chi connectivity index (χ0n) is 19.7. The number of carbonyl (C=O) groups excluding carboxylic acids is 1. The largest absolute Gasteiger partial charge is 0.494 e. The third-order valence-corrected chi connectivity index (χ3v) is 6.47. The number of fused-ring (bicyclic) bond motifs is 1. The van der Waals surface area contributed by atoms with Crippen LogP contribution in [0.2, 0.25) is 0 Å². The molecule has 9 nitrogen and oxygen atoms in total. The van der Waals surface area contributed by atoms with Crippen molar-refractivity contribution in [3.8, 4) is 5.75 Å². The summed E-state index contributed by atoms with van der Waals surface area (Å²) in [5, 5.41) is 10.9. The Morgan fingerprint density at radius 1 is 1.22 bits per heavy atom. The monoisotopic (exact) mass is 505 g/mol. The van der Waals surface area contributed by atoms with E-state index in [2.05, 4.69) is 11.6 Å². The molecule has 184 valence electrons. The van der Waals surface area contributed by atoms with Crippen LogP contribution in [0.5, 0.6) is 5.75 Å². The van der Waals surface area contributed by atoms with Crippen LogP contribution in [-0.4, -0.2) is 28.7 Å². The Kier molecular flexibility index (Phi) is 7.25. The predicted molar refractivity (Wildman–Crippen MR) is 136 cm³/mol. The molecule has 1 unspecified atom stereocenters. The van der Waals surface area contributed by atoms with Crippen LogP contribution >= 0.6 is 11.3 Å². The second-order valence-electron chi connectivity index (χ2n) is 7.82. The van der Waals surface area contributed by atoms with Crippen molar-refractivity contribution in [3.05, 3.63) is 113 Å². The number of nitro benzene ring substituents is 1. The molecule has 36 heavy (non-hydrogen) atoms. The maximum Gasteiger partial charge on any atom is 0.338 e. The molecule has 1 aliphatic rings. The molecule has 1 aromatic heterocycles. The maximum absolute atomic E-state index is 13.6. The van der Waals surface area contributed by atoms with Gasteiger partial charge in [0.05, 0.1) is 33.4 Å². The average molecular weight is 506 g/mol. The number of aromatic nitrogens is 1. The molecule has 10 heteroatoms. The summed E-state index contributed by atoms with van der Waals surface area (Å²) in [5.74, 6) is 0.0861. The number of rotatable bonds is 8. The molecule has 4 rings (SSSR count). The molecule has 0 aliphatic carbocycles. The number of benzene rings is 2.